The van der Waals surface area contributed by atoms with Crippen LogP contribution in [0.1, 0.15) is 29.3 Å². The molecule has 3 rings (SSSR count). The van der Waals surface area contributed by atoms with Crippen LogP contribution in [0, 0.1) is 10.1 Å². The number of anilines is 1. The van der Waals surface area contributed by atoms with Crippen molar-refractivity contribution in [2.45, 2.75) is 25.3 Å². The summed E-state index contributed by atoms with van der Waals surface area (Å²) in [5, 5.41) is 16.6. The minimum atomic E-state index is -0.460. The van der Waals surface area contributed by atoms with E-state index in [0.717, 1.165) is 19.3 Å². The number of nitro groups is 1. The van der Waals surface area contributed by atoms with Crippen LogP contribution in [0.15, 0.2) is 23.7 Å². The lowest BCUT2D eigenvalue weighted by Gasteiger charge is -2.24. The molecule has 0 saturated heterocycles. The molecule has 0 radical (unpaired) electrons. The molecule has 0 amide bonds. The van der Waals surface area contributed by atoms with E-state index < -0.39 is 4.92 Å². The number of nitrogens with zero attached hydrogens (tertiary/aromatic N) is 2. The summed E-state index contributed by atoms with van der Waals surface area (Å²) in [6.45, 7) is 0. The molecule has 1 atom stereocenters. The highest BCUT2D eigenvalue weighted by molar-refractivity contribution is 7.10. The maximum atomic E-state index is 11.1. The van der Waals surface area contributed by atoms with Crippen molar-refractivity contribution in [3.63, 3.8) is 0 Å². The van der Waals surface area contributed by atoms with Gasteiger partial charge in [0.15, 0.2) is 0 Å². The van der Waals surface area contributed by atoms with E-state index in [-0.39, 0.29) is 22.6 Å². The van der Waals surface area contributed by atoms with Crippen LogP contribution in [0.2, 0.25) is 5.02 Å². The van der Waals surface area contributed by atoms with Crippen LogP contribution in [0.3, 0.4) is 0 Å². The van der Waals surface area contributed by atoms with Gasteiger partial charge in [0.25, 0.3) is 0 Å². The molecule has 0 aromatic carbocycles. The van der Waals surface area contributed by atoms with Gasteiger partial charge in [0, 0.05) is 17.1 Å². The van der Waals surface area contributed by atoms with Crippen LogP contribution < -0.4 is 5.32 Å². The quantitative estimate of drug-likeness (QED) is 0.681. The van der Waals surface area contributed by atoms with Crippen molar-refractivity contribution in [3.8, 4) is 0 Å². The monoisotopic (exact) mass is 309 g/mol. The Morgan fingerprint density at radius 3 is 3.20 bits per heavy atom. The van der Waals surface area contributed by atoms with Crippen molar-refractivity contribution >= 4 is 34.4 Å². The SMILES string of the molecule is O=[N+]([O-])c1cc(Cl)cnc1NC1CCCc2sccc21. The largest absolute Gasteiger partial charge is 0.357 e. The second kappa shape index (κ2) is 5.38. The number of thiophene rings is 1. The Morgan fingerprint density at radius 2 is 2.40 bits per heavy atom. The molecule has 1 N–H and O–H groups in total. The number of pyridine rings is 1. The van der Waals surface area contributed by atoms with Gasteiger partial charge in [0.05, 0.1) is 16.0 Å². The molecule has 5 nitrogen and oxygen atoms in total. The summed E-state index contributed by atoms with van der Waals surface area (Å²) >= 11 is 7.51. The van der Waals surface area contributed by atoms with Gasteiger partial charge in [-0.3, -0.25) is 10.1 Å². The van der Waals surface area contributed by atoms with Crippen LogP contribution >= 0.6 is 22.9 Å². The Labute approximate surface area is 124 Å². The zero-order chi connectivity index (χ0) is 14.1. The molecule has 0 aliphatic heterocycles. The van der Waals surface area contributed by atoms with Crippen molar-refractivity contribution in [3.05, 3.63) is 49.3 Å². The highest BCUT2D eigenvalue weighted by atomic mass is 35.5. The summed E-state index contributed by atoms with van der Waals surface area (Å²) in [6.07, 6.45) is 4.54. The van der Waals surface area contributed by atoms with Gasteiger partial charge in [-0.1, -0.05) is 11.6 Å². The minimum absolute atomic E-state index is 0.0809. The molecule has 0 bridgehead atoms. The molecule has 1 aliphatic carbocycles. The Balaban J connectivity index is 1.92. The molecule has 7 heteroatoms. The molecule has 0 saturated carbocycles. The number of nitrogens with one attached hydrogen (secondary N) is 1. The van der Waals surface area contributed by atoms with Gasteiger partial charge in [-0.05, 0) is 36.3 Å². The summed E-state index contributed by atoms with van der Waals surface area (Å²) in [7, 11) is 0. The van der Waals surface area contributed by atoms with E-state index in [4.69, 9.17) is 11.6 Å². The summed E-state index contributed by atoms with van der Waals surface area (Å²) in [5.41, 5.74) is 1.15. The zero-order valence-electron chi connectivity index (χ0n) is 10.5. The van der Waals surface area contributed by atoms with Crippen LogP contribution in [0.25, 0.3) is 0 Å². The van der Waals surface area contributed by atoms with Gasteiger partial charge in [-0.25, -0.2) is 4.98 Å². The predicted octanol–water partition coefficient (Wildman–Crippen LogP) is 4.19. The van der Waals surface area contributed by atoms with E-state index in [0.29, 0.717) is 0 Å². The fourth-order valence-electron chi connectivity index (χ4n) is 2.48. The van der Waals surface area contributed by atoms with Crippen LogP contribution in [0.5, 0.6) is 0 Å². The zero-order valence-corrected chi connectivity index (χ0v) is 12.1. The first-order valence-electron chi connectivity index (χ1n) is 6.28. The van der Waals surface area contributed by atoms with E-state index >= 15 is 0 Å². The van der Waals surface area contributed by atoms with Crippen molar-refractivity contribution in [2.24, 2.45) is 0 Å². The Hall–Kier alpha value is -1.66. The van der Waals surface area contributed by atoms with Gasteiger partial charge < -0.3 is 5.32 Å². The third-order valence-corrected chi connectivity index (χ3v) is 4.60. The van der Waals surface area contributed by atoms with Crippen LogP contribution in [-0.2, 0) is 6.42 Å². The Bertz CT molecular complexity index is 659. The molecule has 2 aromatic heterocycles. The summed E-state index contributed by atoms with van der Waals surface area (Å²) < 4.78 is 0. The molecule has 1 aliphatic rings. The molecule has 1 unspecified atom stereocenters. The van der Waals surface area contributed by atoms with Crippen molar-refractivity contribution in [2.75, 3.05) is 5.32 Å². The summed E-state index contributed by atoms with van der Waals surface area (Å²) in [6, 6.07) is 3.49. The number of aromatic nitrogens is 1. The number of halogens is 1. The lowest BCUT2D eigenvalue weighted by molar-refractivity contribution is -0.384. The average molecular weight is 310 g/mol. The third kappa shape index (κ3) is 2.48. The van der Waals surface area contributed by atoms with E-state index in [1.807, 2.05) is 0 Å². The highest BCUT2D eigenvalue weighted by Crippen LogP contribution is 2.37. The lowest BCUT2D eigenvalue weighted by Crippen LogP contribution is -2.17. The first-order chi connectivity index (χ1) is 9.65. The number of aryl methyl sites for hydroxylation is 1. The topological polar surface area (TPSA) is 68.1 Å². The van der Waals surface area contributed by atoms with Crippen LogP contribution in [0.4, 0.5) is 11.5 Å². The van der Waals surface area contributed by atoms with E-state index in [9.17, 15) is 10.1 Å². The first kappa shape index (κ1) is 13.3. The van der Waals surface area contributed by atoms with Crippen molar-refractivity contribution in [1.82, 2.24) is 4.98 Å². The smallest absolute Gasteiger partial charge is 0.312 e. The molecule has 104 valence electrons. The van der Waals surface area contributed by atoms with E-state index in [1.54, 1.807) is 11.3 Å². The van der Waals surface area contributed by atoms with Gasteiger partial charge in [-0.15, -0.1) is 11.3 Å². The average Bonchev–Trinajstić information content (AvgIpc) is 2.90. The third-order valence-electron chi connectivity index (χ3n) is 3.39. The summed E-state index contributed by atoms with van der Waals surface area (Å²) in [4.78, 5) is 16.0. The fraction of sp³-hybridized carbons (Fsp3) is 0.308. The van der Waals surface area contributed by atoms with Crippen molar-refractivity contribution in [1.29, 1.82) is 0 Å². The number of rotatable bonds is 3. The maximum Gasteiger partial charge on any atom is 0.312 e. The van der Waals surface area contributed by atoms with Gasteiger partial charge in [-0.2, -0.15) is 0 Å². The number of hydrogen-bond donors (Lipinski definition) is 1. The van der Waals surface area contributed by atoms with Gasteiger partial charge in [0.2, 0.25) is 5.82 Å². The number of hydrogen-bond acceptors (Lipinski definition) is 5. The second-order valence-corrected chi connectivity index (χ2v) is 6.10. The molecular weight excluding hydrogens is 298 g/mol. The first-order valence-corrected chi connectivity index (χ1v) is 7.53. The Morgan fingerprint density at radius 1 is 1.55 bits per heavy atom. The molecule has 2 heterocycles. The predicted molar refractivity (Wildman–Crippen MR) is 79.5 cm³/mol. The highest BCUT2D eigenvalue weighted by Gasteiger charge is 2.24. The lowest BCUT2D eigenvalue weighted by atomic mass is 9.94. The van der Waals surface area contributed by atoms with E-state index in [1.165, 1.54) is 22.7 Å². The molecule has 0 fully saturated rings. The van der Waals surface area contributed by atoms with E-state index in [2.05, 4.69) is 21.7 Å². The standard InChI is InChI=1S/C13H12ClN3O2S/c14-8-6-11(17(18)19)13(15-7-8)16-10-2-1-3-12-9(10)4-5-20-12/h4-7,10H,1-3H2,(H,15,16). The normalized spacial score (nSPS) is 17.6. The van der Waals surface area contributed by atoms with Gasteiger partial charge in [0.1, 0.15) is 0 Å². The van der Waals surface area contributed by atoms with Gasteiger partial charge >= 0.3 is 5.69 Å². The fourth-order valence-corrected chi connectivity index (χ4v) is 3.62. The van der Waals surface area contributed by atoms with Crippen molar-refractivity contribution < 1.29 is 4.92 Å². The minimum Gasteiger partial charge on any atom is -0.357 e. The molecular formula is C13H12ClN3O2S. The molecule has 20 heavy (non-hydrogen) atoms. The number of fused-ring (bicyclic) bond motifs is 1. The molecule has 2 aromatic rings. The maximum absolute atomic E-state index is 11.1. The Kier molecular flexibility index (Phi) is 3.58. The summed E-state index contributed by atoms with van der Waals surface area (Å²) in [5.74, 6) is 0.281. The molecule has 0 spiro atoms. The van der Waals surface area contributed by atoms with Crippen LogP contribution in [-0.4, -0.2) is 9.91 Å². The second-order valence-electron chi connectivity index (χ2n) is 4.67.